The molecule has 1 aromatic heterocycles. The first-order valence-corrected chi connectivity index (χ1v) is 6.85. The van der Waals surface area contributed by atoms with Crippen molar-refractivity contribution in [2.75, 3.05) is 25.1 Å². The number of aromatic nitrogens is 2. The maximum atomic E-state index is 6.00. The highest BCUT2D eigenvalue weighted by molar-refractivity contribution is 6.30. The van der Waals surface area contributed by atoms with Crippen LogP contribution < -0.4 is 5.32 Å². The quantitative estimate of drug-likeness (QED) is 0.582. The molecule has 0 spiro atoms. The lowest BCUT2D eigenvalue weighted by Gasteiger charge is -2.10. The minimum atomic E-state index is 0.518. The van der Waals surface area contributed by atoms with E-state index in [1.54, 1.807) is 0 Å². The summed E-state index contributed by atoms with van der Waals surface area (Å²) in [5.74, 6) is 1.51. The van der Waals surface area contributed by atoms with E-state index in [0.717, 1.165) is 44.0 Å². The van der Waals surface area contributed by atoms with E-state index in [-0.39, 0.29) is 0 Å². The highest BCUT2D eigenvalue weighted by Crippen LogP contribution is 2.19. The Hall–Kier alpha value is -0.870. The molecule has 4 nitrogen and oxygen atoms in total. The Morgan fingerprint density at radius 1 is 1.17 bits per heavy atom. The molecule has 0 fully saturated rings. The molecule has 1 N–H and O–H groups in total. The fourth-order valence-electron chi connectivity index (χ4n) is 1.50. The van der Waals surface area contributed by atoms with Crippen molar-refractivity contribution in [2.45, 2.75) is 40.0 Å². The summed E-state index contributed by atoms with van der Waals surface area (Å²) >= 11 is 6.00. The highest BCUT2D eigenvalue weighted by atomic mass is 35.5. The van der Waals surface area contributed by atoms with Gasteiger partial charge in [0.1, 0.15) is 16.8 Å². The van der Waals surface area contributed by atoms with Crippen molar-refractivity contribution in [3.63, 3.8) is 0 Å². The smallest absolute Gasteiger partial charge is 0.137 e. The number of halogens is 1. The molecule has 0 saturated carbocycles. The Morgan fingerprint density at radius 3 is 2.61 bits per heavy atom. The third-order valence-corrected chi connectivity index (χ3v) is 2.97. The molecule has 0 bridgehead atoms. The van der Waals surface area contributed by atoms with Crippen LogP contribution in [0.25, 0.3) is 0 Å². The Morgan fingerprint density at radius 2 is 1.89 bits per heavy atom. The van der Waals surface area contributed by atoms with E-state index < -0.39 is 0 Å². The van der Waals surface area contributed by atoms with E-state index in [9.17, 15) is 0 Å². The van der Waals surface area contributed by atoms with Gasteiger partial charge in [-0.05, 0) is 26.7 Å². The predicted octanol–water partition coefficient (Wildman–Crippen LogP) is 3.37. The van der Waals surface area contributed by atoms with Crippen molar-refractivity contribution >= 4 is 17.4 Å². The zero-order valence-corrected chi connectivity index (χ0v) is 12.2. The van der Waals surface area contributed by atoms with Gasteiger partial charge < -0.3 is 10.1 Å². The molecule has 0 aliphatic rings. The summed E-state index contributed by atoms with van der Waals surface area (Å²) in [6.45, 7) is 8.39. The number of hydrogen-bond acceptors (Lipinski definition) is 4. The topological polar surface area (TPSA) is 47.0 Å². The van der Waals surface area contributed by atoms with Gasteiger partial charge in [0.05, 0.1) is 0 Å². The van der Waals surface area contributed by atoms with Crippen LogP contribution >= 0.6 is 11.6 Å². The van der Waals surface area contributed by atoms with Gasteiger partial charge in [0.2, 0.25) is 0 Å². The molecule has 18 heavy (non-hydrogen) atoms. The summed E-state index contributed by atoms with van der Waals surface area (Å²) in [6.07, 6.45) is 3.27. The van der Waals surface area contributed by atoms with E-state index in [4.69, 9.17) is 16.3 Å². The first-order chi connectivity index (χ1) is 8.65. The van der Waals surface area contributed by atoms with E-state index in [2.05, 4.69) is 22.2 Å². The van der Waals surface area contributed by atoms with Crippen LogP contribution in [0.2, 0.25) is 5.15 Å². The number of nitrogens with one attached hydrogen (secondary N) is 1. The molecular formula is C13H22ClN3O. The molecule has 0 saturated heterocycles. The summed E-state index contributed by atoms with van der Waals surface area (Å²) in [4.78, 5) is 8.43. The molecule has 5 heteroatoms. The number of anilines is 1. The minimum Gasteiger partial charge on any atom is -0.381 e. The van der Waals surface area contributed by atoms with Gasteiger partial charge in [0.25, 0.3) is 0 Å². The van der Waals surface area contributed by atoms with Gasteiger partial charge in [-0.15, -0.1) is 0 Å². The highest BCUT2D eigenvalue weighted by Gasteiger charge is 2.06. The molecule has 102 valence electrons. The fourth-order valence-corrected chi connectivity index (χ4v) is 1.71. The molecule has 0 aliphatic carbocycles. The summed E-state index contributed by atoms with van der Waals surface area (Å²) in [6, 6.07) is 0. The van der Waals surface area contributed by atoms with Crippen molar-refractivity contribution in [3.05, 3.63) is 16.5 Å². The normalized spacial score (nSPS) is 10.7. The second-order valence-electron chi connectivity index (χ2n) is 4.28. The first kappa shape index (κ1) is 15.2. The predicted molar refractivity (Wildman–Crippen MR) is 75.3 cm³/mol. The van der Waals surface area contributed by atoms with Crippen LogP contribution in [0.15, 0.2) is 0 Å². The average Bonchev–Trinajstić information content (AvgIpc) is 2.33. The number of nitrogens with zero attached hydrogens (tertiary/aromatic N) is 2. The summed E-state index contributed by atoms with van der Waals surface area (Å²) in [5.41, 5.74) is 0.897. The lowest BCUT2D eigenvalue weighted by Crippen LogP contribution is -2.10. The molecule has 0 unspecified atom stereocenters. The second kappa shape index (κ2) is 8.27. The largest absolute Gasteiger partial charge is 0.381 e. The van der Waals surface area contributed by atoms with Crippen LogP contribution in [-0.2, 0) is 4.74 Å². The van der Waals surface area contributed by atoms with Gasteiger partial charge in [-0.25, -0.2) is 9.97 Å². The Kier molecular flexibility index (Phi) is 6.98. The fraction of sp³-hybridized carbons (Fsp3) is 0.692. The van der Waals surface area contributed by atoms with Crippen LogP contribution in [-0.4, -0.2) is 29.7 Å². The number of unbranched alkanes of at least 4 members (excludes halogenated alkanes) is 1. The van der Waals surface area contributed by atoms with Crippen LogP contribution in [0.3, 0.4) is 0 Å². The summed E-state index contributed by atoms with van der Waals surface area (Å²) in [5, 5.41) is 3.79. The van der Waals surface area contributed by atoms with Gasteiger partial charge in [0, 0.05) is 25.3 Å². The van der Waals surface area contributed by atoms with E-state index >= 15 is 0 Å². The number of ether oxygens (including phenoxy) is 1. The molecule has 0 aromatic carbocycles. The van der Waals surface area contributed by atoms with Crippen LogP contribution in [0.1, 0.15) is 37.6 Å². The van der Waals surface area contributed by atoms with Crippen molar-refractivity contribution in [1.29, 1.82) is 0 Å². The number of aryl methyl sites for hydroxylation is 1. The molecular weight excluding hydrogens is 250 g/mol. The summed E-state index contributed by atoms with van der Waals surface area (Å²) in [7, 11) is 0. The van der Waals surface area contributed by atoms with Crippen molar-refractivity contribution in [1.82, 2.24) is 9.97 Å². The standard InChI is InChI=1S/C13H22ClN3O/c1-4-5-8-18-9-6-7-15-13-10(2)12(14)16-11(3)17-13/h4-9H2,1-3H3,(H,15,16,17). The molecule has 1 heterocycles. The van der Waals surface area contributed by atoms with Gasteiger partial charge in [-0.3, -0.25) is 0 Å². The molecule has 0 radical (unpaired) electrons. The van der Waals surface area contributed by atoms with Crippen molar-refractivity contribution < 1.29 is 4.74 Å². The van der Waals surface area contributed by atoms with Gasteiger partial charge >= 0.3 is 0 Å². The van der Waals surface area contributed by atoms with Crippen molar-refractivity contribution in [3.8, 4) is 0 Å². The minimum absolute atomic E-state index is 0.518. The molecule has 1 aromatic rings. The SMILES string of the molecule is CCCCOCCCNc1nc(C)nc(Cl)c1C. The zero-order chi connectivity index (χ0) is 13.4. The number of rotatable bonds is 8. The first-order valence-electron chi connectivity index (χ1n) is 6.47. The lowest BCUT2D eigenvalue weighted by atomic mass is 10.3. The second-order valence-corrected chi connectivity index (χ2v) is 4.64. The van der Waals surface area contributed by atoms with Crippen LogP contribution in [0.4, 0.5) is 5.82 Å². The van der Waals surface area contributed by atoms with E-state index in [1.165, 1.54) is 6.42 Å². The maximum absolute atomic E-state index is 6.00. The van der Waals surface area contributed by atoms with E-state index in [1.807, 2.05) is 13.8 Å². The average molecular weight is 272 g/mol. The van der Waals surface area contributed by atoms with E-state index in [0.29, 0.717) is 11.0 Å². The Balaban J connectivity index is 2.27. The van der Waals surface area contributed by atoms with Crippen LogP contribution in [0.5, 0.6) is 0 Å². The monoisotopic (exact) mass is 271 g/mol. The van der Waals surface area contributed by atoms with Gasteiger partial charge in [0.15, 0.2) is 0 Å². The zero-order valence-electron chi connectivity index (χ0n) is 11.4. The molecule has 0 aliphatic heterocycles. The van der Waals surface area contributed by atoms with Gasteiger partial charge in [-0.2, -0.15) is 0 Å². The third-order valence-electron chi connectivity index (χ3n) is 2.60. The summed E-state index contributed by atoms with van der Waals surface area (Å²) < 4.78 is 5.49. The third kappa shape index (κ3) is 5.19. The van der Waals surface area contributed by atoms with Crippen molar-refractivity contribution in [2.24, 2.45) is 0 Å². The number of hydrogen-bond donors (Lipinski definition) is 1. The molecule has 0 amide bonds. The Bertz CT molecular complexity index is 371. The maximum Gasteiger partial charge on any atom is 0.137 e. The lowest BCUT2D eigenvalue weighted by molar-refractivity contribution is 0.131. The van der Waals surface area contributed by atoms with Gasteiger partial charge in [-0.1, -0.05) is 24.9 Å². The molecule has 0 atom stereocenters. The molecule has 1 rings (SSSR count). The Labute approximate surface area is 114 Å². The van der Waals surface area contributed by atoms with Crippen LogP contribution in [0, 0.1) is 13.8 Å².